The number of benzene rings is 1. The van der Waals surface area contributed by atoms with E-state index in [1.165, 1.54) is 0 Å². The Morgan fingerprint density at radius 2 is 1.67 bits per heavy atom. The molecule has 0 aliphatic carbocycles. The highest BCUT2D eigenvalue weighted by Gasteiger charge is 2.08. The van der Waals surface area contributed by atoms with Gasteiger partial charge < -0.3 is 5.73 Å². The number of sulfonamides is 1. The fourth-order valence-electron chi connectivity index (χ4n) is 1.65. The first-order valence-electron chi connectivity index (χ1n) is 6.35. The Labute approximate surface area is 110 Å². The number of nitrogens with two attached hydrogens (primary N) is 1. The largest absolute Gasteiger partial charge is 0.330 e. The second kappa shape index (κ2) is 8.24. The summed E-state index contributed by atoms with van der Waals surface area (Å²) < 4.78 is 26.0. The van der Waals surface area contributed by atoms with E-state index in [0.29, 0.717) is 19.5 Å². The van der Waals surface area contributed by atoms with Crippen LogP contribution in [0.2, 0.25) is 0 Å². The van der Waals surface area contributed by atoms with E-state index in [9.17, 15) is 8.42 Å². The maximum atomic E-state index is 11.7. The SMILES string of the molecule is NCCCCCCS(=O)(=O)NCc1ccccc1. The first kappa shape index (κ1) is 15.1. The molecule has 0 saturated carbocycles. The van der Waals surface area contributed by atoms with E-state index in [1.807, 2.05) is 30.3 Å². The number of unbranched alkanes of at least 4 members (excludes halogenated alkanes) is 3. The zero-order chi connectivity index (χ0) is 13.3. The maximum Gasteiger partial charge on any atom is 0.211 e. The number of nitrogens with one attached hydrogen (secondary N) is 1. The Bertz CT molecular complexity index is 418. The van der Waals surface area contributed by atoms with E-state index in [0.717, 1.165) is 24.8 Å². The zero-order valence-corrected chi connectivity index (χ0v) is 11.5. The van der Waals surface area contributed by atoms with Crippen molar-refractivity contribution in [1.82, 2.24) is 4.72 Å². The summed E-state index contributed by atoms with van der Waals surface area (Å²) in [5, 5.41) is 0. The van der Waals surface area contributed by atoms with Gasteiger partial charge in [-0.15, -0.1) is 0 Å². The summed E-state index contributed by atoms with van der Waals surface area (Å²) >= 11 is 0. The predicted octanol–water partition coefficient (Wildman–Crippen LogP) is 1.63. The molecule has 0 aliphatic heterocycles. The molecular formula is C13H22N2O2S. The van der Waals surface area contributed by atoms with Gasteiger partial charge in [0.15, 0.2) is 0 Å². The molecular weight excluding hydrogens is 248 g/mol. The van der Waals surface area contributed by atoms with Gasteiger partial charge in [-0.1, -0.05) is 43.2 Å². The van der Waals surface area contributed by atoms with Crippen molar-refractivity contribution in [3.05, 3.63) is 35.9 Å². The molecule has 102 valence electrons. The van der Waals surface area contributed by atoms with Gasteiger partial charge in [0.2, 0.25) is 10.0 Å². The molecule has 0 bridgehead atoms. The Morgan fingerprint density at radius 1 is 1.00 bits per heavy atom. The molecule has 3 N–H and O–H groups in total. The molecule has 0 radical (unpaired) electrons. The van der Waals surface area contributed by atoms with Crippen molar-refractivity contribution in [2.75, 3.05) is 12.3 Å². The van der Waals surface area contributed by atoms with Crippen LogP contribution in [0.15, 0.2) is 30.3 Å². The van der Waals surface area contributed by atoms with E-state index < -0.39 is 10.0 Å². The van der Waals surface area contributed by atoms with Gasteiger partial charge in [-0.3, -0.25) is 0 Å². The van der Waals surface area contributed by atoms with Gasteiger partial charge >= 0.3 is 0 Å². The van der Waals surface area contributed by atoms with E-state index in [-0.39, 0.29) is 5.75 Å². The van der Waals surface area contributed by atoms with Crippen molar-refractivity contribution >= 4 is 10.0 Å². The van der Waals surface area contributed by atoms with E-state index in [4.69, 9.17) is 5.73 Å². The summed E-state index contributed by atoms with van der Waals surface area (Å²) in [6.45, 7) is 1.05. The second-order valence-corrected chi connectivity index (χ2v) is 6.25. The van der Waals surface area contributed by atoms with E-state index >= 15 is 0 Å². The smallest absolute Gasteiger partial charge is 0.211 e. The minimum Gasteiger partial charge on any atom is -0.330 e. The molecule has 0 amide bonds. The molecule has 1 aromatic rings. The third-order valence-corrected chi connectivity index (χ3v) is 4.12. The van der Waals surface area contributed by atoms with Gasteiger partial charge in [0.1, 0.15) is 0 Å². The van der Waals surface area contributed by atoms with Gasteiger partial charge in [0.25, 0.3) is 0 Å². The lowest BCUT2D eigenvalue weighted by atomic mass is 10.2. The van der Waals surface area contributed by atoms with E-state index in [2.05, 4.69) is 4.72 Å². The minimum absolute atomic E-state index is 0.199. The molecule has 0 fully saturated rings. The van der Waals surface area contributed by atoms with Crippen molar-refractivity contribution in [1.29, 1.82) is 0 Å². The van der Waals surface area contributed by atoms with Gasteiger partial charge in [-0.2, -0.15) is 0 Å². The minimum atomic E-state index is -3.15. The standard InChI is InChI=1S/C13H22N2O2S/c14-10-6-1-2-7-11-18(16,17)15-12-13-8-4-3-5-9-13/h3-5,8-9,15H,1-2,6-7,10-12,14H2. The van der Waals surface area contributed by atoms with Crippen LogP contribution >= 0.6 is 0 Å². The molecule has 1 aromatic carbocycles. The Kier molecular flexibility index (Phi) is 6.93. The van der Waals surface area contributed by atoms with Crippen LogP contribution in [-0.2, 0) is 16.6 Å². The molecule has 0 saturated heterocycles. The molecule has 0 aromatic heterocycles. The first-order valence-corrected chi connectivity index (χ1v) is 8.00. The Hall–Kier alpha value is -0.910. The van der Waals surface area contributed by atoms with Crippen molar-refractivity contribution in [3.63, 3.8) is 0 Å². The highest BCUT2D eigenvalue weighted by molar-refractivity contribution is 7.89. The van der Waals surface area contributed by atoms with Gasteiger partial charge in [0.05, 0.1) is 5.75 Å². The maximum absolute atomic E-state index is 11.7. The first-order chi connectivity index (χ1) is 8.64. The van der Waals surface area contributed by atoms with Crippen LogP contribution < -0.4 is 10.5 Å². The zero-order valence-electron chi connectivity index (χ0n) is 10.6. The molecule has 0 heterocycles. The summed E-state index contributed by atoms with van der Waals surface area (Å²) in [6.07, 6.45) is 3.59. The van der Waals surface area contributed by atoms with Crippen LogP contribution in [0.3, 0.4) is 0 Å². The number of rotatable bonds is 9. The summed E-state index contributed by atoms with van der Waals surface area (Å²) in [5.74, 6) is 0.199. The van der Waals surface area contributed by atoms with Crippen molar-refractivity contribution in [2.24, 2.45) is 5.73 Å². The molecule has 0 atom stereocenters. The van der Waals surface area contributed by atoms with Crippen molar-refractivity contribution < 1.29 is 8.42 Å². The van der Waals surface area contributed by atoms with Crippen LogP contribution in [0.4, 0.5) is 0 Å². The lowest BCUT2D eigenvalue weighted by Crippen LogP contribution is -2.25. The average Bonchev–Trinajstić information content (AvgIpc) is 2.38. The van der Waals surface area contributed by atoms with Crippen molar-refractivity contribution in [2.45, 2.75) is 32.2 Å². The summed E-state index contributed by atoms with van der Waals surface area (Å²) in [6, 6.07) is 9.52. The Balaban J connectivity index is 2.23. The molecule has 1 rings (SSSR count). The fraction of sp³-hybridized carbons (Fsp3) is 0.538. The predicted molar refractivity (Wildman–Crippen MR) is 74.6 cm³/mol. The van der Waals surface area contributed by atoms with Crippen LogP contribution in [-0.4, -0.2) is 20.7 Å². The highest BCUT2D eigenvalue weighted by Crippen LogP contribution is 2.03. The molecule has 18 heavy (non-hydrogen) atoms. The third-order valence-electron chi connectivity index (χ3n) is 2.71. The number of hydrogen-bond donors (Lipinski definition) is 2. The average molecular weight is 270 g/mol. The highest BCUT2D eigenvalue weighted by atomic mass is 32.2. The lowest BCUT2D eigenvalue weighted by Gasteiger charge is -2.06. The monoisotopic (exact) mass is 270 g/mol. The molecule has 4 nitrogen and oxygen atoms in total. The summed E-state index contributed by atoms with van der Waals surface area (Å²) in [7, 11) is -3.15. The number of hydrogen-bond acceptors (Lipinski definition) is 3. The van der Waals surface area contributed by atoms with Crippen molar-refractivity contribution in [3.8, 4) is 0 Å². The fourth-order valence-corrected chi connectivity index (χ4v) is 2.77. The van der Waals surface area contributed by atoms with Crippen LogP contribution in [0.5, 0.6) is 0 Å². The van der Waals surface area contributed by atoms with Crippen LogP contribution in [0.1, 0.15) is 31.2 Å². The van der Waals surface area contributed by atoms with Gasteiger partial charge in [0, 0.05) is 6.54 Å². The van der Waals surface area contributed by atoms with Gasteiger partial charge in [-0.05, 0) is 24.9 Å². The normalized spacial score (nSPS) is 11.6. The topological polar surface area (TPSA) is 72.2 Å². The van der Waals surface area contributed by atoms with E-state index in [1.54, 1.807) is 0 Å². The van der Waals surface area contributed by atoms with Crippen LogP contribution in [0, 0.1) is 0 Å². The summed E-state index contributed by atoms with van der Waals surface area (Å²) in [5.41, 5.74) is 6.35. The quantitative estimate of drug-likeness (QED) is 0.670. The van der Waals surface area contributed by atoms with Gasteiger partial charge in [-0.25, -0.2) is 13.1 Å². The molecule has 5 heteroatoms. The summed E-state index contributed by atoms with van der Waals surface area (Å²) in [4.78, 5) is 0. The molecule has 0 unspecified atom stereocenters. The Morgan fingerprint density at radius 3 is 2.33 bits per heavy atom. The lowest BCUT2D eigenvalue weighted by molar-refractivity contribution is 0.574. The third kappa shape index (κ3) is 6.74. The molecule has 0 spiro atoms. The second-order valence-electron chi connectivity index (χ2n) is 4.33. The molecule has 0 aliphatic rings. The van der Waals surface area contributed by atoms with Crippen LogP contribution in [0.25, 0.3) is 0 Å².